The molecule has 157 valence electrons. The van der Waals surface area contributed by atoms with Crippen LogP contribution in [-0.4, -0.2) is 36.0 Å². The number of fused-ring (bicyclic) bond motifs is 1. The molecule has 0 bridgehead atoms. The smallest absolute Gasteiger partial charge is 0.370 e. The van der Waals surface area contributed by atoms with Crippen LogP contribution in [0.4, 0.5) is 13.6 Å². The first-order valence-electron chi connectivity index (χ1n) is 9.61. The minimum atomic E-state index is -0.762. The van der Waals surface area contributed by atoms with Crippen LogP contribution in [0.25, 0.3) is 22.0 Å². The Labute approximate surface area is 185 Å². The Morgan fingerprint density at radius 3 is 2.71 bits per heavy atom. The van der Waals surface area contributed by atoms with Gasteiger partial charge in [-0.05, 0) is 23.3 Å². The van der Waals surface area contributed by atoms with Gasteiger partial charge in [-0.25, -0.2) is 5.26 Å². The number of hydrogen-bond acceptors (Lipinski definition) is 3. The first kappa shape index (κ1) is 22.4. The number of nitrogens with one attached hydrogen (secondary N) is 1. The maximum Gasteiger partial charge on any atom is 0.370 e. The Hall–Kier alpha value is -3.25. The van der Waals surface area contributed by atoms with E-state index in [1.165, 1.54) is 0 Å². The Balaban J connectivity index is 2.05. The molecule has 3 N–H and O–H groups in total. The topological polar surface area (TPSA) is 83.8 Å². The Morgan fingerprint density at radius 1 is 1.26 bits per heavy atom. The molecule has 0 aliphatic rings. The van der Waals surface area contributed by atoms with Gasteiger partial charge in [0.05, 0.1) is 13.3 Å². The lowest BCUT2D eigenvalue weighted by atomic mass is 9.80. The third-order valence-corrected chi connectivity index (χ3v) is 5.19. The van der Waals surface area contributed by atoms with Gasteiger partial charge in [-0.1, -0.05) is 42.5 Å². The van der Waals surface area contributed by atoms with Gasteiger partial charge in [-0.3, -0.25) is 13.6 Å². The quantitative estimate of drug-likeness (QED) is 0.393. The van der Waals surface area contributed by atoms with Crippen molar-refractivity contribution in [2.24, 2.45) is 11.7 Å². The molecular weight excluding hydrogens is 417 g/mol. The van der Waals surface area contributed by atoms with Gasteiger partial charge in [-0.2, -0.15) is 0 Å². The molecule has 0 aliphatic carbocycles. The molecule has 1 radical (unpaired) electrons. The van der Waals surface area contributed by atoms with Crippen molar-refractivity contribution in [2.45, 2.75) is 13.1 Å². The second-order valence-corrected chi connectivity index (χ2v) is 7.60. The van der Waals surface area contributed by atoms with Crippen molar-refractivity contribution < 1.29 is 13.6 Å². The fraction of sp³-hybridized carbons (Fsp3) is 0.227. The van der Waals surface area contributed by atoms with Gasteiger partial charge in [0.1, 0.15) is 4.99 Å². The molecular formula is C22H20BF2N4OS. The average molecular weight is 437 g/mol. The van der Waals surface area contributed by atoms with E-state index in [4.69, 9.17) is 23.2 Å². The predicted molar refractivity (Wildman–Crippen MR) is 122 cm³/mol. The number of rotatable bonds is 9. The summed E-state index contributed by atoms with van der Waals surface area (Å²) in [4.78, 5) is 11.8. The maximum absolute atomic E-state index is 13.2. The molecule has 0 saturated heterocycles. The van der Waals surface area contributed by atoms with Crippen LogP contribution in [0.2, 0.25) is 0 Å². The standard InChI is InChI=1S/C22H20BF2N4OS/c24-8-15(9-25)11-29-12-19(16-2-1-3-17(7-16)21(27)31)18-5-4-14(6-20(18)29)10-28-22(30)23-13-26/h1-7,12,15H,8-11H2,(H2,27,31)(H,28,30). The second-order valence-electron chi connectivity index (χ2n) is 7.16. The lowest BCUT2D eigenvalue weighted by Crippen LogP contribution is -2.25. The van der Waals surface area contributed by atoms with E-state index in [-0.39, 0.29) is 18.1 Å². The van der Waals surface area contributed by atoms with Crippen LogP contribution in [0, 0.1) is 17.1 Å². The summed E-state index contributed by atoms with van der Waals surface area (Å²) in [5.41, 5.74) is 9.85. The number of benzene rings is 2. The van der Waals surface area contributed by atoms with Crippen LogP contribution in [0.5, 0.6) is 0 Å². The van der Waals surface area contributed by atoms with E-state index in [9.17, 15) is 13.6 Å². The highest BCUT2D eigenvalue weighted by atomic mass is 32.1. The van der Waals surface area contributed by atoms with Crippen molar-refractivity contribution in [3.8, 4) is 17.1 Å². The van der Waals surface area contributed by atoms with E-state index in [2.05, 4.69) is 5.32 Å². The number of thiocarbonyl (C=S) groups is 1. The Morgan fingerprint density at radius 2 is 2.03 bits per heavy atom. The number of amides is 1. The zero-order chi connectivity index (χ0) is 22.4. The van der Waals surface area contributed by atoms with Gasteiger partial charge < -0.3 is 15.6 Å². The fourth-order valence-electron chi connectivity index (χ4n) is 3.38. The molecule has 0 aliphatic heterocycles. The van der Waals surface area contributed by atoms with Gasteiger partial charge in [0, 0.05) is 53.2 Å². The number of nitriles is 1. The van der Waals surface area contributed by atoms with Gasteiger partial charge in [0.25, 0.3) is 0 Å². The number of nitrogens with two attached hydrogens (primary N) is 1. The highest BCUT2D eigenvalue weighted by molar-refractivity contribution is 7.80. The monoisotopic (exact) mass is 437 g/mol. The van der Waals surface area contributed by atoms with Crippen LogP contribution < -0.4 is 11.1 Å². The molecule has 2 aromatic carbocycles. The molecule has 9 heteroatoms. The minimum Gasteiger partial charge on any atom is -0.389 e. The number of carbonyl (C=O) groups is 1. The van der Waals surface area contributed by atoms with Crippen LogP contribution in [0.15, 0.2) is 48.7 Å². The van der Waals surface area contributed by atoms with E-state index in [1.54, 1.807) is 5.97 Å². The van der Waals surface area contributed by atoms with E-state index in [0.717, 1.165) is 40.4 Å². The molecule has 1 heterocycles. The second kappa shape index (κ2) is 10.2. The largest absolute Gasteiger partial charge is 0.389 e. The van der Waals surface area contributed by atoms with Crippen molar-refractivity contribution in [1.29, 1.82) is 5.26 Å². The molecule has 0 fully saturated rings. The van der Waals surface area contributed by atoms with Crippen LogP contribution in [-0.2, 0) is 13.1 Å². The zero-order valence-electron chi connectivity index (χ0n) is 16.6. The van der Waals surface area contributed by atoms with Crippen molar-refractivity contribution in [3.63, 3.8) is 0 Å². The molecule has 3 rings (SSSR count). The summed E-state index contributed by atoms with van der Waals surface area (Å²) in [6, 6.07) is 13.1. The van der Waals surface area contributed by atoms with Gasteiger partial charge in [0.15, 0.2) is 5.81 Å². The number of alkyl halides is 2. The first-order chi connectivity index (χ1) is 15.0. The first-order valence-corrected chi connectivity index (χ1v) is 10.0. The SMILES string of the molecule is N#C[B]C(=O)NCc1ccc2c(-c3cccc(C(N)=S)c3)cn(CC(CF)CF)c2c1. The molecule has 1 aromatic heterocycles. The fourth-order valence-corrected chi connectivity index (χ4v) is 3.51. The molecule has 0 spiro atoms. The molecule has 0 atom stereocenters. The van der Waals surface area contributed by atoms with Gasteiger partial charge in [0.2, 0.25) is 0 Å². The number of aromatic nitrogens is 1. The molecule has 1 amide bonds. The molecule has 0 unspecified atom stereocenters. The summed E-state index contributed by atoms with van der Waals surface area (Å²) >= 11 is 5.08. The normalized spacial score (nSPS) is 10.8. The third kappa shape index (κ3) is 5.27. The maximum atomic E-state index is 13.2. The van der Waals surface area contributed by atoms with E-state index in [1.807, 2.05) is 53.2 Å². The highest BCUT2D eigenvalue weighted by Crippen LogP contribution is 2.32. The van der Waals surface area contributed by atoms with Crippen molar-refractivity contribution in [3.05, 3.63) is 59.8 Å². The highest BCUT2D eigenvalue weighted by Gasteiger charge is 2.16. The van der Waals surface area contributed by atoms with E-state index < -0.39 is 25.1 Å². The van der Waals surface area contributed by atoms with Crippen LogP contribution in [0.3, 0.4) is 0 Å². The van der Waals surface area contributed by atoms with Crippen molar-refractivity contribution >= 4 is 41.2 Å². The summed E-state index contributed by atoms with van der Waals surface area (Å²) in [7, 11) is 0.890. The summed E-state index contributed by atoms with van der Waals surface area (Å²) < 4.78 is 28.3. The average Bonchev–Trinajstić information content (AvgIpc) is 3.14. The van der Waals surface area contributed by atoms with Crippen LogP contribution >= 0.6 is 12.2 Å². The number of halogens is 2. The summed E-state index contributed by atoms with van der Waals surface area (Å²) in [5.74, 6) is 0.447. The van der Waals surface area contributed by atoms with E-state index in [0.29, 0.717) is 0 Å². The lowest BCUT2D eigenvalue weighted by Gasteiger charge is -2.12. The van der Waals surface area contributed by atoms with Crippen LogP contribution in [0.1, 0.15) is 11.1 Å². The molecule has 31 heavy (non-hydrogen) atoms. The lowest BCUT2D eigenvalue weighted by molar-refractivity contribution is 0.259. The third-order valence-electron chi connectivity index (χ3n) is 4.96. The molecule has 0 saturated carbocycles. The number of nitrogens with zero attached hydrogens (tertiary/aromatic N) is 2. The summed E-state index contributed by atoms with van der Waals surface area (Å²) in [5, 5.41) is 12.1. The Bertz CT molecular complexity index is 1150. The van der Waals surface area contributed by atoms with Crippen molar-refractivity contribution in [1.82, 2.24) is 9.88 Å². The minimum absolute atomic E-state index is 0.177. The molecule has 5 nitrogen and oxygen atoms in total. The number of carbonyl (C=O) groups excluding carboxylic acids is 1. The predicted octanol–water partition coefficient (Wildman–Crippen LogP) is 3.89. The van der Waals surface area contributed by atoms with Gasteiger partial charge >= 0.3 is 7.28 Å². The number of hydrogen-bond donors (Lipinski definition) is 2. The van der Waals surface area contributed by atoms with E-state index >= 15 is 0 Å². The summed E-state index contributed by atoms with van der Waals surface area (Å²) in [6.45, 7) is -1.12. The molecule has 3 aromatic rings. The van der Waals surface area contributed by atoms with Crippen molar-refractivity contribution in [2.75, 3.05) is 13.3 Å². The summed E-state index contributed by atoms with van der Waals surface area (Å²) in [6.07, 6.45) is 1.87. The van der Waals surface area contributed by atoms with Gasteiger partial charge in [-0.15, -0.1) is 0 Å². The Kier molecular flexibility index (Phi) is 7.37. The zero-order valence-corrected chi connectivity index (χ0v) is 17.5.